The molecule has 0 spiro atoms. The first-order valence-corrected chi connectivity index (χ1v) is 28.1. The van der Waals surface area contributed by atoms with E-state index in [1.165, 1.54) is 18.0 Å². The van der Waals surface area contributed by atoms with E-state index < -0.39 is 9.41 Å². The Balaban J connectivity index is 0.00000107. The summed E-state index contributed by atoms with van der Waals surface area (Å²) in [4.78, 5) is 8.23. The first-order chi connectivity index (χ1) is 35.6. The quantitative estimate of drug-likeness (QED) is 0.0210. The molecule has 0 aromatic heterocycles. The van der Waals surface area contributed by atoms with Gasteiger partial charge in [0.1, 0.15) is 0 Å². The molecule has 18 nitrogen and oxygen atoms in total. The van der Waals surface area contributed by atoms with E-state index in [1.807, 2.05) is 104 Å². The maximum absolute atomic E-state index is 8.15. The highest BCUT2D eigenvalue weighted by molar-refractivity contribution is 8.52. The Hall–Kier alpha value is -4.78. The fraction of sp³-hybridized carbons (Fsp3) is 0.473. The van der Waals surface area contributed by atoms with Crippen LogP contribution in [0.1, 0.15) is 40.3 Å². The third-order valence-corrected chi connectivity index (χ3v) is 17.2. The van der Waals surface area contributed by atoms with Crippen LogP contribution in [0.2, 0.25) is 0 Å². The van der Waals surface area contributed by atoms with E-state index in [9.17, 15) is 0 Å². The van der Waals surface area contributed by atoms with Crippen LogP contribution in [0.4, 0.5) is 0 Å². The molecular weight excluding hydrogens is 961 g/mol. The normalized spacial score (nSPS) is 15.6. The number of ether oxygens (including phenoxy) is 6. The molecule has 2 saturated heterocycles. The Morgan fingerprint density at radius 2 is 1.12 bits per heavy atom. The summed E-state index contributed by atoms with van der Waals surface area (Å²) in [6, 6.07) is 31.6. The Morgan fingerprint density at radius 1 is 0.649 bits per heavy atom. The number of morpholine rings is 2. The molecule has 0 radical (unpaired) electrons. The third-order valence-electron chi connectivity index (χ3n) is 12.5. The Morgan fingerprint density at radius 3 is 1.64 bits per heavy atom. The highest BCUT2D eigenvalue weighted by atomic mass is 32.4. The molecule has 19 heteroatoms. The molecule has 0 saturated carbocycles. The molecule has 6 rings (SSSR count). The summed E-state index contributed by atoms with van der Waals surface area (Å²) >= 11 is 0. The number of rotatable bonds is 32. The van der Waals surface area contributed by atoms with Crippen molar-refractivity contribution < 1.29 is 36.8 Å². The number of hydrogen-bond donors (Lipinski definition) is 6. The molecule has 4 aromatic rings. The highest BCUT2D eigenvalue weighted by Gasteiger charge is 2.56. The summed E-state index contributed by atoms with van der Waals surface area (Å²) in [7, 11) is -3.40. The van der Waals surface area contributed by atoms with Gasteiger partial charge in [0.05, 0.1) is 105 Å². The van der Waals surface area contributed by atoms with E-state index in [0.29, 0.717) is 51.7 Å². The number of benzene rings is 4. The minimum atomic E-state index is -5.17. The van der Waals surface area contributed by atoms with E-state index in [2.05, 4.69) is 50.4 Å². The maximum atomic E-state index is 8.15. The Labute approximate surface area is 440 Å². The SMILES string of the molecule is C=c1cccc/c1=C/N(/N=C/c1ccccc1C=N)S(C)(NCc1ccccc1CC)(NNC)(OCCOCCOCCN1CCOCC1)OCCOCCOCCN1CCOCC1.Cc1ccccc1C=N.N. The van der Waals surface area contributed by atoms with Gasteiger partial charge in [-0.2, -0.15) is 14.3 Å². The van der Waals surface area contributed by atoms with Gasteiger partial charge in [0.15, 0.2) is 0 Å². The minimum absolute atomic E-state index is 0. The summed E-state index contributed by atoms with van der Waals surface area (Å²) < 4.78 is 55.3. The van der Waals surface area contributed by atoms with Crippen molar-refractivity contribution in [1.29, 1.82) is 10.8 Å². The standard InChI is InChI=1S/C47H74N8O8S.C8H9N.H3N/c1-5-43-13-8-10-16-46(43)40-51-64(4,52-49-3,62-36-34-60-32-30-58-28-22-53-18-24-56-25-19-53,63-37-35-61-33-31-59-29-23-54-20-26-57-27-21-54)55(41-47-17-7-6-12-42(47)2)50-39-45-15-11-9-14-44(45)38-48;1-7-4-2-3-5-8(7)6-9;/h6-17,38-39,41,48-49,51-52H,2,5,18-37,40H2,1,3-4H3;2-6,9H,1H3;1H3/b47-41-,48-38?,50-39+;;. The van der Waals surface area contributed by atoms with Crippen LogP contribution in [0.3, 0.4) is 0 Å². The maximum Gasteiger partial charge on any atom is 0.0963 e. The fourth-order valence-corrected chi connectivity index (χ4v) is 11.9. The monoisotopic (exact) mass is 1050 g/mol. The molecule has 2 aliphatic rings. The number of aryl methyl sites for hydroxylation is 2. The van der Waals surface area contributed by atoms with Crippen molar-refractivity contribution >= 4 is 40.8 Å². The van der Waals surface area contributed by atoms with Crippen molar-refractivity contribution in [3.8, 4) is 0 Å². The van der Waals surface area contributed by atoms with Gasteiger partial charge >= 0.3 is 0 Å². The molecule has 0 unspecified atom stereocenters. The number of hydrazone groups is 1. The summed E-state index contributed by atoms with van der Waals surface area (Å²) in [6.45, 7) is 20.8. The lowest BCUT2D eigenvalue weighted by atomic mass is 10.1. The third kappa shape index (κ3) is 19.1. The van der Waals surface area contributed by atoms with E-state index >= 15 is 0 Å². The first-order valence-electron chi connectivity index (χ1n) is 25.4. The number of nitrogens with one attached hydrogen (secondary N) is 5. The molecule has 410 valence electrons. The van der Waals surface area contributed by atoms with Crippen molar-refractivity contribution in [3.05, 3.63) is 141 Å². The van der Waals surface area contributed by atoms with Gasteiger partial charge in [-0.15, -0.1) is 9.41 Å². The summed E-state index contributed by atoms with van der Waals surface area (Å²) in [5, 5.41) is 21.9. The predicted molar refractivity (Wildman–Crippen MR) is 302 cm³/mol. The van der Waals surface area contributed by atoms with Gasteiger partial charge in [0.2, 0.25) is 0 Å². The molecule has 0 amide bonds. The van der Waals surface area contributed by atoms with Crippen LogP contribution in [0.5, 0.6) is 0 Å². The zero-order valence-corrected chi connectivity index (χ0v) is 45.3. The van der Waals surface area contributed by atoms with Crippen LogP contribution in [-0.4, -0.2) is 178 Å². The van der Waals surface area contributed by atoms with Crippen LogP contribution >= 0.6 is 9.41 Å². The Bertz CT molecular complexity index is 2370. The lowest BCUT2D eigenvalue weighted by molar-refractivity contribution is 0.000849. The van der Waals surface area contributed by atoms with Crippen molar-refractivity contribution in [2.24, 2.45) is 5.10 Å². The van der Waals surface area contributed by atoms with Gasteiger partial charge in [-0.1, -0.05) is 111 Å². The summed E-state index contributed by atoms with van der Waals surface area (Å²) in [5.74, 6) is 0. The van der Waals surface area contributed by atoms with Crippen LogP contribution in [0.25, 0.3) is 12.8 Å². The van der Waals surface area contributed by atoms with E-state index in [0.717, 1.165) is 105 Å². The number of hydrazine groups is 1. The second-order valence-electron chi connectivity index (χ2n) is 17.7. The van der Waals surface area contributed by atoms with Crippen molar-refractivity contribution in [2.75, 3.05) is 145 Å². The molecule has 2 aliphatic heterocycles. The van der Waals surface area contributed by atoms with E-state index in [-0.39, 0.29) is 32.6 Å². The fourth-order valence-electron chi connectivity index (χ4n) is 8.13. The average molecular weight is 1050 g/mol. The van der Waals surface area contributed by atoms with Crippen molar-refractivity contribution in [1.82, 2.24) is 35.3 Å². The predicted octanol–water partition coefficient (Wildman–Crippen LogP) is 5.24. The number of hydrogen-bond acceptors (Lipinski definition) is 18. The molecule has 4 aromatic carbocycles. The first kappa shape index (κ1) is 61.8. The summed E-state index contributed by atoms with van der Waals surface area (Å²) in [6.07, 6.45) is 9.00. The van der Waals surface area contributed by atoms with Gasteiger partial charge in [-0.3, -0.25) is 18.2 Å². The summed E-state index contributed by atoms with van der Waals surface area (Å²) in [5.41, 5.74) is 9.04. The molecule has 8 N–H and O–H groups in total. The van der Waals surface area contributed by atoms with Crippen molar-refractivity contribution in [3.63, 3.8) is 0 Å². The van der Waals surface area contributed by atoms with Gasteiger partial charge in [-0.05, 0) is 40.8 Å². The van der Waals surface area contributed by atoms with Gasteiger partial charge in [0.25, 0.3) is 0 Å². The van der Waals surface area contributed by atoms with Gasteiger partial charge < -0.3 is 45.4 Å². The molecule has 0 aliphatic carbocycles. The van der Waals surface area contributed by atoms with Crippen molar-refractivity contribution in [2.45, 2.75) is 26.8 Å². The topological polar surface area (TPSA) is 215 Å². The highest BCUT2D eigenvalue weighted by Crippen LogP contribution is 2.84. The second kappa shape index (κ2) is 32.6. The molecular formula is C55H86N10O8S. The Kier molecular flexibility index (Phi) is 27.2. The lowest BCUT2D eigenvalue weighted by Gasteiger charge is -2.84. The zero-order valence-electron chi connectivity index (χ0n) is 44.5. The molecule has 74 heavy (non-hydrogen) atoms. The van der Waals surface area contributed by atoms with Gasteiger partial charge in [0, 0.05) is 87.9 Å². The zero-order chi connectivity index (χ0) is 51.9. The van der Waals surface area contributed by atoms with E-state index in [4.69, 9.17) is 52.7 Å². The molecule has 0 bridgehead atoms. The van der Waals surface area contributed by atoms with E-state index in [1.54, 1.807) is 17.7 Å². The molecule has 2 fully saturated rings. The number of nitrogens with zero attached hydrogens (tertiary/aromatic N) is 4. The van der Waals surface area contributed by atoms with Gasteiger partial charge in [-0.25, -0.2) is 10.1 Å². The van der Waals surface area contributed by atoms with Crippen LogP contribution < -0.4 is 31.6 Å². The second-order valence-corrected chi connectivity index (χ2v) is 22.6. The smallest absolute Gasteiger partial charge is 0.0963 e. The molecule has 2 heterocycles. The van der Waals surface area contributed by atoms with Crippen LogP contribution in [0.15, 0.2) is 102 Å². The molecule has 0 atom stereocenters. The van der Waals surface area contributed by atoms with Crippen LogP contribution in [-0.2, 0) is 49.8 Å². The largest absolute Gasteiger partial charge is 0.379 e. The minimum Gasteiger partial charge on any atom is -0.379 e. The average Bonchev–Trinajstić information content (AvgIpc) is 3.43. The van der Waals surface area contributed by atoms with Crippen LogP contribution in [0, 0.1) is 17.7 Å². The lowest BCUT2D eigenvalue weighted by Crippen LogP contribution is -2.70.